The molecule has 0 saturated carbocycles. The molecule has 1 aliphatic rings. The zero-order valence-electron chi connectivity index (χ0n) is 21.4. The molecule has 0 amide bonds. The molecule has 37 heavy (non-hydrogen) atoms. The van der Waals surface area contributed by atoms with E-state index < -0.39 is 12.0 Å². The number of nitrogens with zero attached hydrogens (tertiary/aromatic N) is 2. The van der Waals surface area contributed by atoms with Crippen LogP contribution in [0.4, 0.5) is 0 Å². The third-order valence-electron chi connectivity index (χ3n) is 6.09. The van der Waals surface area contributed by atoms with Gasteiger partial charge in [-0.3, -0.25) is 9.36 Å². The van der Waals surface area contributed by atoms with Gasteiger partial charge in [0.25, 0.3) is 5.56 Å². The van der Waals surface area contributed by atoms with Crippen LogP contribution in [0.2, 0.25) is 0 Å². The van der Waals surface area contributed by atoms with Crippen LogP contribution < -0.4 is 24.4 Å². The fourth-order valence-corrected chi connectivity index (χ4v) is 5.55. The Balaban J connectivity index is 1.97. The highest BCUT2D eigenvalue weighted by Crippen LogP contribution is 2.34. The summed E-state index contributed by atoms with van der Waals surface area (Å²) >= 11 is 1.29. The van der Waals surface area contributed by atoms with Crippen molar-refractivity contribution >= 4 is 23.4 Å². The Hall–Kier alpha value is -3.91. The second kappa shape index (κ2) is 11.4. The van der Waals surface area contributed by atoms with Gasteiger partial charge in [0.05, 0.1) is 42.7 Å². The van der Waals surface area contributed by atoms with E-state index in [9.17, 15) is 9.59 Å². The summed E-state index contributed by atoms with van der Waals surface area (Å²) in [5.74, 6) is 0.765. The summed E-state index contributed by atoms with van der Waals surface area (Å²) in [5, 5.41) is 0. The Bertz CT molecular complexity index is 1530. The maximum atomic E-state index is 13.8. The Morgan fingerprint density at radius 1 is 1.19 bits per heavy atom. The number of allylic oxidation sites excluding steroid dienone is 2. The number of hydrogen-bond donors (Lipinski definition) is 0. The van der Waals surface area contributed by atoms with Gasteiger partial charge in [-0.05, 0) is 49.1 Å². The molecule has 2 aromatic carbocycles. The molecule has 0 radical (unpaired) electrons. The molecule has 0 fully saturated rings. The molecule has 3 aromatic rings. The summed E-state index contributed by atoms with van der Waals surface area (Å²) in [4.78, 5) is 32.0. The zero-order chi connectivity index (χ0) is 26.5. The highest BCUT2D eigenvalue weighted by Gasteiger charge is 2.33. The number of fused-ring (bicyclic) bond motifs is 1. The van der Waals surface area contributed by atoms with Crippen molar-refractivity contribution in [2.45, 2.75) is 32.7 Å². The molecule has 0 aliphatic carbocycles. The van der Waals surface area contributed by atoms with E-state index in [4.69, 9.17) is 19.2 Å². The Morgan fingerprint density at radius 3 is 2.57 bits per heavy atom. The second-order valence-electron chi connectivity index (χ2n) is 8.34. The molecule has 0 spiro atoms. The van der Waals surface area contributed by atoms with Gasteiger partial charge in [0, 0.05) is 5.56 Å². The SMILES string of the molecule is C=CCc1cc(/C=c2\sc3n(c2=O)[C@@H](c2ccccc2)C(C(=O)OC)=C(CC)N=3)cc(OCC)c1OC. The summed E-state index contributed by atoms with van der Waals surface area (Å²) < 4.78 is 18.6. The highest BCUT2D eigenvalue weighted by atomic mass is 32.1. The quantitative estimate of drug-likeness (QED) is 0.317. The number of thiazole rings is 1. The van der Waals surface area contributed by atoms with Gasteiger partial charge in [-0.15, -0.1) is 6.58 Å². The minimum absolute atomic E-state index is 0.229. The van der Waals surface area contributed by atoms with Crippen molar-refractivity contribution in [3.8, 4) is 11.5 Å². The van der Waals surface area contributed by atoms with Crippen LogP contribution in [0.5, 0.6) is 11.5 Å². The summed E-state index contributed by atoms with van der Waals surface area (Å²) in [6.07, 6.45) is 4.74. The van der Waals surface area contributed by atoms with Gasteiger partial charge in [-0.2, -0.15) is 0 Å². The van der Waals surface area contributed by atoms with Crippen LogP contribution in [-0.4, -0.2) is 31.4 Å². The molecule has 192 valence electrons. The predicted molar refractivity (Wildman–Crippen MR) is 145 cm³/mol. The van der Waals surface area contributed by atoms with Crippen LogP contribution >= 0.6 is 11.3 Å². The smallest absolute Gasteiger partial charge is 0.338 e. The summed E-state index contributed by atoms with van der Waals surface area (Å²) in [7, 11) is 2.95. The van der Waals surface area contributed by atoms with Crippen LogP contribution in [0.3, 0.4) is 0 Å². The molecule has 0 saturated heterocycles. The molecule has 1 aliphatic heterocycles. The van der Waals surface area contributed by atoms with Crippen LogP contribution in [0.1, 0.15) is 43.0 Å². The predicted octanol–water partition coefficient (Wildman–Crippen LogP) is 3.93. The molecule has 0 bridgehead atoms. The number of esters is 1. The standard InChI is InChI=1S/C29H30N2O5S/c1-6-12-20-15-18(16-22(36-8-3)26(20)34-4)17-23-27(32)31-25(19-13-10-9-11-14-19)24(28(33)35-5)21(7-2)30-29(31)37-23/h6,9-11,13-17,25H,1,7-8,12H2,2-5H3/b23-17-/t25-/m0/s1. The minimum atomic E-state index is -0.631. The van der Waals surface area contributed by atoms with Crippen LogP contribution in [0.25, 0.3) is 6.08 Å². The van der Waals surface area contributed by atoms with E-state index >= 15 is 0 Å². The third-order valence-corrected chi connectivity index (χ3v) is 7.07. The Morgan fingerprint density at radius 2 is 1.95 bits per heavy atom. The van der Waals surface area contributed by atoms with E-state index in [-0.39, 0.29) is 5.56 Å². The van der Waals surface area contributed by atoms with Gasteiger partial charge in [-0.25, -0.2) is 9.79 Å². The topological polar surface area (TPSA) is 79.1 Å². The molecule has 0 N–H and O–H groups in total. The van der Waals surface area contributed by atoms with Gasteiger partial charge in [0.15, 0.2) is 16.3 Å². The van der Waals surface area contributed by atoms with E-state index in [0.717, 1.165) is 16.7 Å². The molecular weight excluding hydrogens is 488 g/mol. The first-order valence-corrected chi connectivity index (χ1v) is 12.9. The Kier molecular flexibility index (Phi) is 8.08. The van der Waals surface area contributed by atoms with Crippen molar-refractivity contribution in [3.63, 3.8) is 0 Å². The number of aromatic nitrogens is 1. The van der Waals surface area contributed by atoms with Crippen molar-refractivity contribution in [1.29, 1.82) is 0 Å². The molecule has 8 heteroatoms. The number of carbonyl (C=O) groups is 1. The minimum Gasteiger partial charge on any atom is -0.493 e. The lowest BCUT2D eigenvalue weighted by Gasteiger charge is -2.25. The van der Waals surface area contributed by atoms with Gasteiger partial charge < -0.3 is 14.2 Å². The number of ether oxygens (including phenoxy) is 3. The normalized spacial score (nSPS) is 15.1. The largest absolute Gasteiger partial charge is 0.493 e. The van der Waals surface area contributed by atoms with Gasteiger partial charge in [0.2, 0.25) is 0 Å². The van der Waals surface area contributed by atoms with E-state index in [1.165, 1.54) is 18.4 Å². The third kappa shape index (κ3) is 5.02. The first-order valence-electron chi connectivity index (χ1n) is 12.1. The van der Waals surface area contributed by atoms with Crippen molar-refractivity contribution in [3.05, 3.63) is 103 Å². The molecule has 1 aromatic heterocycles. The average Bonchev–Trinajstić information content (AvgIpc) is 3.22. The van der Waals surface area contributed by atoms with E-state index in [2.05, 4.69) is 6.58 Å². The lowest BCUT2D eigenvalue weighted by molar-refractivity contribution is -0.136. The number of hydrogen-bond acceptors (Lipinski definition) is 7. The molecule has 2 heterocycles. The lowest BCUT2D eigenvalue weighted by atomic mass is 9.95. The second-order valence-corrected chi connectivity index (χ2v) is 9.35. The molecular formula is C29H30N2O5S. The van der Waals surface area contributed by atoms with E-state index in [1.54, 1.807) is 17.8 Å². The monoisotopic (exact) mass is 518 g/mol. The van der Waals surface area contributed by atoms with Crippen LogP contribution in [0.15, 0.2) is 76.2 Å². The van der Waals surface area contributed by atoms with Crippen molar-refractivity contribution in [2.24, 2.45) is 4.99 Å². The molecule has 4 rings (SSSR count). The average molecular weight is 519 g/mol. The zero-order valence-corrected chi connectivity index (χ0v) is 22.3. The number of benzene rings is 2. The van der Waals surface area contributed by atoms with Crippen LogP contribution in [0, 0.1) is 0 Å². The highest BCUT2D eigenvalue weighted by molar-refractivity contribution is 7.07. The summed E-state index contributed by atoms with van der Waals surface area (Å²) in [6.45, 7) is 8.17. The fourth-order valence-electron chi connectivity index (χ4n) is 4.53. The van der Waals surface area contributed by atoms with Gasteiger partial charge >= 0.3 is 5.97 Å². The number of rotatable bonds is 9. The van der Waals surface area contributed by atoms with E-state index in [1.807, 2.05) is 62.4 Å². The first kappa shape index (κ1) is 26.2. The maximum Gasteiger partial charge on any atom is 0.338 e. The summed E-state index contributed by atoms with van der Waals surface area (Å²) in [6, 6.07) is 12.7. The van der Waals surface area contributed by atoms with E-state index in [0.29, 0.717) is 51.6 Å². The molecule has 0 unspecified atom stereocenters. The molecule has 7 nitrogen and oxygen atoms in total. The van der Waals surface area contributed by atoms with Crippen molar-refractivity contribution < 1.29 is 19.0 Å². The summed E-state index contributed by atoms with van der Waals surface area (Å²) in [5.41, 5.74) is 3.29. The van der Waals surface area contributed by atoms with Crippen molar-refractivity contribution in [2.75, 3.05) is 20.8 Å². The fraction of sp³-hybridized carbons (Fsp3) is 0.276. The number of carbonyl (C=O) groups excluding carboxylic acids is 1. The first-order chi connectivity index (χ1) is 18.0. The molecule has 1 atom stereocenters. The Labute approximate surface area is 219 Å². The van der Waals surface area contributed by atoms with Gasteiger partial charge in [0.1, 0.15) is 0 Å². The van der Waals surface area contributed by atoms with Gasteiger partial charge in [-0.1, -0.05) is 54.7 Å². The van der Waals surface area contributed by atoms with Crippen LogP contribution in [-0.2, 0) is 16.0 Å². The number of methoxy groups -OCH3 is 2. The van der Waals surface area contributed by atoms with Crippen molar-refractivity contribution in [1.82, 2.24) is 4.57 Å². The lowest BCUT2D eigenvalue weighted by Crippen LogP contribution is -2.40. The maximum absolute atomic E-state index is 13.8.